The van der Waals surface area contributed by atoms with E-state index in [9.17, 15) is 14.4 Å². The Morgan fingerprint density at radius 1 is 1.23 bits per heavy atom. The number of nitrogens with one attached hydrogen (secondary N) is 2. The number of H-pyrrole nitrogens is 1. The Bertz CT molecular complexity index is 972. The van der Waals surface area contributed by atoms with Crippen molar-refractivity contribution in [3.63, 3.8) is 0 Å². The van der Waals surface area contributed by atoms with Crippen molar-refractivity contribution in [3.8, 4) is 0 Å². The van der Waals surface area contributed by atoms with E-state index in [2.05, 4.69) is 20.2 Å². The third-order valence-corrected chi connectivity index (χ3v) is 4.93. The van der Waals surface area contributed by atoms with Gasteiger partial charge in [0.25, 0.3) is 0 Å². The smallest absolute Gasteiger partial charge is 0.374 e. The lowest BCUT2D eigenvalue weighted by Crippen LogP contribution is -2.49. The molecular formula is C21H30N6O4. The highest BCUT2D eigenvalue weighted by molar-refractivity contribution is 5.99. The van der Waals surface area contributed by atoms with Crippen molar-refractivity contribution in [2.75, 3.05) is 38.5 Å². The number of aromatic nitrogens is 2. The third kappa shape index (κ3) is 6.02. The Kier molecular flexibility index (Phi) is 6.61. The van der Waals surface area contributed by atoms with E-state index < -0.39 is 23.5 Å². The van der Waals surface area contributed by atoms with Gasteiger partial charge in [-0.1, -0.05) is 0 Å². The largest absolute Gasteiger partial charge is 0.454 e. The van der Waals surface area contributed by atoms with Crippen LogP contribution in [0.15, 0.2) is 18.2 Å². The molecule has 1 aliphatic rings. The molecule has 1 aliphatic heterocycles. The van der Waals surface area contributed by atoms with Gasteiger partial charge in [-0.25, -0.2) is 9.78 Å². The highest BCUT2D eigenvalue weighted by Crippen LogP contribution is 2.19. The molecule has 0 spiro atoms. The van der Waals surface area contributed by atoms with Crippen LogP contribution in [0.2, 0.25) is 0 Å². The van der Waals surface area contributed by atoms with Crippen molar-refractivity contribution in [2.45, 2.75) is 38.8 Å². The number of hydrogen-bond acceptors (Lipinski definition) is 7. The number of carbonyl (C=O) groups excluding carboxylic acids is 3. The van der Waals surface area contributed by atoms with Crippen molar-refractivity contribution in [1.29, 1.82) is 0 Å². The van der Waals surface area contributed by atoms with Crippen LogP contribution in [0.5, 0.6) is 0 Å². The lowest BCUT2D eigenvalue weighted by atomic mass is 10.1. The first kappa shape index (κ1) is 22.7. The maximum absolute atomic E-state index is 12.5. The number of rotatable bonds is 5. The third-order valence-electron chi connectivity index (χ3n) is 4.93. The van der Waals surface area contributed by atoms with Gasteiger partial charge in [-0.2, -0.15) is 0 Å². The molecule has 0 saturated carbocycles. The second kappa shape index (κ2) is 9.03. The molecule has 1 atom stereocenters. The van der Waals surface area contributed by atoms with Crippen molar-refractivity contribution in [1.82, 2.24) is 19.8 Å². The molecule has 0 radical (unpaired) electrons. The lowest BCUT2D eigenvalue weighted by molar-refractivity contribution is -0.134. The van der Waals surface area contributed by atoms with E-state index in [1.54, 1.807) is 43.9 Å². The van der Waals surface area contributed by atoms with E-state index in [0.29, 0.717) is 29.8 Å². The first-order valence-corrected chi connectivity index (χ1v) is 10.3. The van der Waals surface area contributed by atoms with Crippen molar-refractivity contribution in [3.05, 3.63) is 24.0 Å². The highest BCUT2D eigenvalue weighted by Gasteiger charge is 2.24. The average Bonchev–Trinajstić information content (AvgIpc) is 3.10. The molecule has 0 aliphatic carbocycles. The number of piperazine rings is 1. The van der Waals surface area contributed by atoms with E-state index in [0.717, 1.165) is 13.1 Å². The summed E-state index contributed by atoms with van der Waals surface area (Å²) >= 11 is 0. The molecule has 1 aromatic heterocycles. The molecule has 2 heterocycles. The first-order valence-electron chi connectivity index (χ1n) is 10.3. The van der Waals surface area contributed by atoms with Crippen molar-refractivity contribution in [2.24, 2.45) is 5.73 Å². The predicted octanol–water partition coefficient (Wildman–Crippen LogP) is 0.948. The van der Waals surface area contributed by atoms with Gasteiger partial charge in [0.15, 0.2) is 0 Å². The van der Waals surface area contributed by atoms with Gasteiger partial charge in [-0.15, -0.1) is 0 Å². The molecule has 1 fully saturated rings. The van der Waals surface area contributed by atoms with Gasteiger partial charge < -0.3 is 30.6 Å². The molecule has 3 rings (SSSR count). The van der Waals surface area contributed by atoms with E-state index in [-0.39, 0.29) is 18.2 Å². The van der Waals surface area contributed by atoms with Gasteiger partial charge in [-0.3, -0.25) is 9.59 Å². The summed E-state index contributed by atoms with van der Waals surface area (Å²) in [5.74, 6) is -1.05. The standard InChI is InChI=1S/C21H30N6O4/c1-21(2,3)31-20(30)18-24-15-6-5-13(11-16(15)25-18)23-19(29)14(22)12-17(28)27-9-7-26(4)8-10-27/h5-6,11,14H,7-10,12,22H2,1-4H3,(H,23,29)(H,24,25). The molecule has 1 saturated heterocycles. The van der Waals surface area contributed by atoms with Crippen LogP contribution in [0.1, 0.15) is 37.8 Å². The fourth-order valence-corrected chi connectivity index (χ4v) is 3.21. The summed E-state index contributed by atoms with van der Waals surface area (Å²) in [5.41, 5.74) is 6.94. The Morgan fingerprint density at radius 2 is 1.90 bits per heavy atom. The number of nitrogens with two attached hydrogens (primary N) is 1. The zero-order chi connectivity index (χ0) is 22.8. The van der Waals surface area contributed by atoms with Crippen LogP contribution in [0, 0.1) is 0 Å². The Balaban J connectivity index is 1.60. The number of fused-ring (bicyclic) bond motifs is 1. The Labute approximate surface area is 181 Å². The van der Waals surface area contributed by atoms with Gasteiger partial charge in [0, 0.05) is 31.9 Å². The molecule has 4 N–H and O–H groups in total. The highest BCUT2D eigenvalue weighted by atomic mass is 16.6. The molecule has 1 aromatic carbocycles. The van der Waals surface area contributed by atoms with Crippen LogP contribution < -0.4 is 11.1 Å². The van der Waals surface area contributed by atoms with E-state index in [1.807, 2.05) is 7.05 Å². The van der Waals surface area contributed by atoms with Gasteiger partial charge in [0.05, 0.1) is 23.5 Å². The number of ether oxygens (including phenoxy) is 1. The number of likely N-dealkylation sites (N-methyl/N-ethyl adjacent to an activating group) is 1. The van der Waals surface area contributed by atoms with E-state index >= 15 is 0 Å². The van der Waals surface area contributed by atoms with Crippen LogP contribution in [-0.2, 0) is 14.3 Å². The maximum Gasteiger partial charge on any atom is 0.374 e. The molecule has 10 nitrogen and oxygen atoms in total. The average molecular weight is 431 g/mol. The number of carbonyl (C=O) groups is 3. The number of esters is 1. The maximum atomic E-state index is 12.5. The number of hydrogen-bond donors (Lipinski definition) is 3. The first-order chi connectivity index (χ1) is 14.5. The van der Waals surface area contributed by atoms with E-state index in [1.165, 1.54) is 0 Å². The van der Waals surface area contributed by atoms with Crippen molar-refractivity contribution < 1.29 is 19.1 Å². The normalized spacial score (nSPS) is 16.2. The van der Waals surface area contributed by atoms with Gasteiger partial charge in [0.1, 0.15) is 5.60 Å². The van der Waals surface area contributed by atoms with Crippen LogP contribution in [0.3, 0.4) is 0 Å². The number of nitrogens with zero attached hydrogens (tertiary/aromatic N) is 3. The predicted molar refractivity (Wildman–Crippen MR) is 117 cm³/mol. The summed E-state index contributed by atoms with van der Waals surface area (Å²) in [7, 11) is 2.01. The second-order valence-corrected chi connectivity index (χ2v) is 8.80. The number of anilines is 1. The lowest BCUT2D eigenvalue weighted by Gasteiger charge is -2.32. The summed E-state index contributed by atoms with van der Waals surface area (Å²) < 4.78 is 5.31. The van der Waals surface area contributed by atoms with Crippen LogP contribution in [0.4, 0.5) is 5.69 Å². The zero-order valence-corrected chi connectivity index (χ0v) is 18.4. The Hall–Kier alpha value is -2.98. The molecule has 168 valence electrons. The van der Waals surface area contributed by atoms with Crippen molar-refractivity contribution >= 4 is 34.5 Å². The minimum absolute atomic E-state index is 0.0526. The summed E-state index contributed by atoms with van der Waals surface area (Å²) in [6.07, 6.45) is -0.0526. The Morgan fingerprint density at radius 3 is 2.55 bits per heavy atom. The van der Waals surface area contributed by atoms with Gasteiger partial charge in [0.2, 0.25) is 17.6 Å². The summed E-state index contributed by atoms with van der Waals surface area (Å²) in [6.45, 7) is 8.22. The summed E-state index contributed by atoms with van der Waals surface area (Å²) in [5, 5.41) is 2.71. The topological polar surface area (TPSA) is 134 Å². The molecular weight excluding hydrogens is 400 g/mol. The fourth-order valence-electron chi connectivity index (χ4n) is 3.21. The zero-order valence-electron chi connectivity index (χ0n) is 18.4. The second-order valence-electron chi connectivity index (χ2n) is 8.80. The SMILES string of the molecule is CN1CCN(C(=O)CC(N)C(=O)Nc2ccc3[nH]c(C(=O)OC(C)(C)C)nc3c2)CC1. The molecule has 31 heavy (non-hydrogen) atoms. The number of amides is 2. The van der Waals surface area contributed by atoms with Crippen LogP contribution in [-0.4, -0.2) is 82.4 Å². The number of imidazole rings is 1. The molecule has 1 unspecified atom stereocenters. The number of aromatic amines is 1. The van der Waals surface area contributed by atoms with Gasteiger partial charge >= 0.3 is 5.97 Å². The summed E-state index contributed by atoms with van der Waals surface area (Å²) in [6, 6.07) is 4.05. The minimum atomic E-state index is -0.959. The molecule has 0 bridgehead atoms. The fraction of sp³-hybridized carbons (Fsp3) is 0.524. The molecule has 2 aromatic rings. The van der Waals surface area contributed by atoms with E-state index in [4.69, 9.17) is 10.5 Å². The molecule has 2 amide bonds. The summed E-state index contributed by atoms with van der Waals surface area (Å²) in [4.78, 5) is 48.1. The monoisotopic (exact) mass is 430 g/mol. The molecule has 10 heteroatoms. The van der Waals surface area contributed by atoms with Crippen LogP contribution >= 0.6 is 0 Å². The van der Waals surface area contributed by atoms with Gasteiger partial charge in [-0.05, 0) is 46.0 Å². The quantitative estimate of drug-likeness (QED) is 0.601. The minimum Gasteiger partial charge on any atom is -0.454 e. The van der Waals surface area contributed by atoms with Crippen LogP contribution in [0.25, 0.3) is 11.0 Å². The number of benzene rings is 1.